The average molecular weight is 208 g/mol. The summed E-state index contributed by atoms with van der Waals surface area (Å²) in [6, 6.07) is 2.00. The van der Waals surface area contributed by atoms with Gasteiger partial charge in [0.2, 0.25) is 0 Å². The second-order valence-electron chi connectivity index (χ2n) is 4.75. The summed E-state index contributed by atoms with van der Waals surface area (Å²) in [4.78, 5) is 4.35. The Kier molecular flexibility index (Phi) is 3.50. The lowest BCUT2D eigenvalue weighted by Crippen LogP contribution is -2.29. The fourth-order valence-electron chi connectivity index (χ4n) is 1.12. The fraction of sp³-hybridized carbons (Fsp3) is 0.636. The smallest absolute Gasteiger partial charge is 0.0991 e. The predicted octanol–water partition coefficient (Wildman–Crippen LogP) is 1.37. The summed E-state index contributed by atoms with van der Waals surface area (Å²) < 4.78 is 1.80. The average Bonchev–Trinajstić information content (AvgIpc) is 2.49. The Balaban J connectivity index is 2.45. The summed E-state index contributed by atoms with van der Waals surface area (Å²) in [6.45, 7) is 6.89. The predicted molar refractivity (Wildman–Crippen MR) is 62.9 cm³/mol. The van der Waals surface area contributed by atoms with Crippen LogP contribution in [-0.4, -0.2) is 22.2 Å². The fourth-order valence-corrected chi connectivity index (χ4v) is 1.12. The zero-order valence-corrected chi connectivity index (χ0v) is 9.99. The maximum Gasteiger partial charge on any atom is 0.0991 e. The molecule has 2 N–H and O–H groups in total. The standard InChI is InChI=1S/C11H20N4/c1-11(2,3)10(12)13-7-5-9-6-8-15(4)14-9/h6,8H,5,7H2,1-4H3,(H2,12,13). The van der Waals surface area contributed by atoms with Gasteiger partial charge in [-0.25, -0.2) is 0 Å². The van der Waals surface area contributed by atoms with Crippen molar-refractivity contribution in [2.45, 2.75) is 27.2 Å². The van der Waals surface area contributed by atoms with Crippen molar-refractivity contribution < 1.29 is 0 Å². The van der Waals surface area contributed by atoms with Crippen molar-refractivity contribution in [1.29, 1.82) is 0 Å². The van der Waals surface area contributed by atoms with Crippen LogP contribution in [0.25, 0.3) is 0 Å². The Hall–Kier alpha value is -1.32. The van der Waals surface area contributed by atoms with E-state index in [4.69, 9.17) is 5.73 Å². The number of nitrogens with zero attached hydrogens (tertiary/aromatic N) is 3. The van der Waals surface area contributed by atoms with Gasteiger partial charge >= 0.3 is 0 Å². The molecule has 0 aliphatic heterocycles. The van der Waals surface area contributed by atoms with Crippen LogP contribution in [0.5, 0.6) is 0 Å². The molecule has 0 saturated heterocycles. The maximum atomic E-state index is 5.84. The molecule has 0 atom stereocenters. The van der Waals surface area contributed by atoms with Crippen molar-refractivity contribution >= 4 is 5.84 Å². The van der Waals surface area contributed by atoms with Crippen molar-refractivity contribution in [2.75, 3.05) is 6.54 Å². The molecule has 0 bridgehead atoms. The van der Waals surface area contributed by atoms with E-state index in [0.717, 1.165) is 12.1 Å². The Morgan fingerprint density at radius 1 is 1.53 bits per heavy atom. The highest BCUT2D eigenvalue weighted by Crippen LogP contribution is 2.12. The zero-order chi connectivity index (χ0) is 11.5. The van der Waals surface area contributed by atoms with E-state index >= 15 is 0 Å². The molecule has 0 spiro atoms. The molecule has 84 valence electrons. The SMILES string of the molecule is Cn1ccc(CCN=C(N)C(C)(C)C)n1. The molecule has 0 saturated carbocycles. The molecule has 0 radical (unpaired) electrons. The third-order valence-electron chi connectivity index (χ3n) is 2.19. The number of aromatic nitrogens is 2. The zero-order valence-electron chi connectivity index (χ0n) is 9.99. The molecule has 4 nitrogen and oxygen atoms in total. The molecule has 0 aromatic carbocycles. The molecule has 1 aromatic rings. The van der Waals surface area contributed by atoms with Crippen LogP contribution < -0.4 is 5.73 Å². The number of hydrogen-bond donors (Lipinski definition) is 1. The van der Waals surface area contributed by atoms with Gasteiger partial charge in [0.15, 0.2) is 0 Å². The Bertz CT molecular complexity index is 344. The van der Waals surface area contributed by atoms with Gasteiger partial charge < -0.3 is 5.73 Å². The minimum Gasteiger partial charge on any atom is -0.387 e. The third-order valence-corrected chi connectivity index (χ3v) is 2.19. The molecular formula is C11H20N4. The molecule has 0 aliphatic rings. The van der Waals surface area contributed by atoms with Gasteiger partial charge in [-0.1, -0.05) is 20.8 Å². The lowest BCUT2D eigenvalue weighted by atomic mass is 9.95. The summed E-state index contributed by atoms with van der Waals surface area (Å²) in [7, 11) is 1.91. The number of amidine groups is 1. The van der Waals surface area contributed by atoms with E-state index in [2.05, 4.69) is 30.9 Å². The van der Waals surface area contributed by atoms with Crippen molar-refractivity contribution in [3.8, 4) is 0 Å². The largest absolute Gasteiger partial charge is 0.387 e. The Labute approximate surface area is 91.2 Å². The van der Waals surface area contributed by atoms with Crippen molar-refractivity contribution in [3.05, 3.63) is 18.0 Å². The number of hydrogen-bond acceptors (Lipinski definition) is 2. The molecule has 15 heavy (non-hydrogen) atoms. The van der Waals surface area contributed by atoms with Crippen molar-refractivity contribution in [3.63, 3.8) is 0 Å². The third kappa shape index (κ3) is 3.73. The highest BCUT2D eigenvalue weighted by atomic mass is 15.2. The van der Waals surface area contributed by atoms with E-state index in [1.807, 2.05) is 19.3 Å². The topological polar surface area (TPSA) is 56.2 Å². The van der Waals surface area contributed by atoms with Crippen LogP contribution in [0.3, 0.4) is 0 Å². The first-order valence-electron chi connectivity index (χ1n) is 5.18. The first-order chi connectivity index (χ1) is 6.89. The molecular weight excluding hydrogens is 188 g/mol. The molecule has 0 aliphatic carbocycles. The van der Waals surface area contributed by atoms with E-state index in [1.54, 1.807) is 4.68 Å². The highest BCUT2D eigenvalue weighted by molar-refractivity contribution is 5.85. The summed E-state index contributed by atoms with van der Waals surface area (Å²) in [6.07, 6.45) is 2.78. The molecule has 4 heteroatoms. The van der Waals surface area contributed by atoms with Gasteiger partial charge in [0.25, 0.3) is 0 Å². The number of aryl methyl sites for hydroxylation is 1. The number of nitrogens with two attached hydrogens (primary N) is 1. The van der Waals surface area contributed by atoms with Gasteiger partial charge in [-0.15, -0.1) is 0 Å². The normalized spacial score (nSPS) is 13.2. The summed E-state index contributed by atoms with van der Waals surface area (Å²) in [5, 5.41) is 4.28. The van der Waals surface area contributed by atoms with Crippen LogP contribution in [0, 0.1) is 5.41 Å². The van der Waals surface area contributed by atoms with Crippen molar-refractivity contribution in [2.24, 2.45) is 23.2 Å². The lowest BCUT2D eigenvalue weighted by Gasteiger charge is -2.17. The van der Waals surface area contributed by atoms with Gasteiger partial charge in [0, 0.05) is 31.6 Å². The minimum atomic E-state index is -0.0376. The van der Waals surface area contributed by atoms with E-state index in [0.29, 0.717) is 12.4 Å². The van der Waals surface area contributed by atoms with E-state index in [9.17, 15) is 0 Å². The maximum absolute atomic E-state index is 5.84. The van der Waals surface area contributed by atoms with Crippen LogP contribution in [0.4, 0.5) is 0 Å². The van der Waals surface area contributed by atoms with Gasteiger partial charge in [0.1, 0.15) is 0 Å². The molecule has 0 unspecified atom stereocenters. The molecule has 0 amide bonds. The van der Waals surface area contributed by atoms with Gasteiger partial charge in [-0.2, -0.15) is 5.10 Å². The van der Waals surface area contributed by atoms with Crippen LogP contribution in [-0.2, 0) is 13.5 Å². The summed E-state index contributed by atoms with van der Waals surface area (Å²) >= 11 is 0. The second kappa shape index (κ2) is 4.47. The van der Waals surface area contributed by atoms with Crippen LogP contribution >= 0.6 is 0 Å². The van der Waals surface area contributed by atoms with E-state index in [-0.39, 0.29) is 5.41 Å². The van der Waals surface area contributed by atoms with Gasteiger partial charge in [-0.05, 0) is 6.07 Å². The lowest BCUT2D eigenvalue weighted by molar-refractivity contribution is 0.581. The first kappa shape index (κ1) is 11.8. The minimum absolute atomic E-state index is 0.0376. The quantitative estimate of drug-likeness (QED) is 0.602. The Morgan fingerprint density at radius 3 is 2.67 bits per heavy atom. The van der Waals surface area contributed by atoms with Gasteiger partial charge in [-0.3, -0.25) is 9.67 Å². The second-order valence-corrected chi connectivity index (χ2v) is 4.75. The van der Waals surface area contributed by atoms with Crippen LogP contribution in [0.2, 0.25) is 0 Å². The van der Waals surface area contributed by atoms with E-state index in [1.165, 1.54) is 0 Å². The molecule has 1 rings (SSSR count). The van der Waals surface area contributed by atoms with Crippen LogP contribution in [0.1, 0.15) is 26.5 Å². The molecule has 0 fully saturated rings. The van der Waals surface area contributed by atoms with Gasteiger partial charge in [0.05, 0.1) is 11.5 Å². The van der Waals surface area contributed by atoms with Crippen molar-refractivity contribution in [1.82, 2.24) is 9.78 Å². The number of rotatable bonds is 3. The summed E-state index contributed by atoms with van der Waals surface area (Å²) in [5.41, 5.74) is 6.87. The Morgan fingerprint density at radius 2 is 2.20 bits per heavy atom. The van der Waals surface area contributed by atoms with E-state index < -0.39 is 0 Å². The van der Waals surface area contributed by atoms with Crippen LogP contribution in [0.15, 0.2) is 17.3 Å². The molecule has 1 aromatic heterocycles. The first-order valence-corrected chi connectivity index (χ1v) is 5.18. The highest BCUT2D eigenvalue weighted by Gasteiger charge is 2.14. The number of aliphatic imine (C=N–C) groups is 1. The molecule has 1 heterocycles. The monoisotopic (exact) mass is 208 g/mol. The summed E-state index contributed by atoms with van der Waals surface area (Å²) in [5.74, 6) is 0.707.